The smallest absolute Gasteiger partial charge is 0.144 e. The molecule has 1 rings (SSSR count). The van der Waals surface area contributed by atoms with Crippen LogP contribution in [0, 0.1) is 12.8 Å². The molecule has 1 heterocycles. The molecule has 0 saturated carbocycles. The van der Waals surface area contributed by atoms with Crippen molar-refractivity contribution in [2.24, 2.45) is 5.92 Å². The summed E-state index contributed by atoms with van der Waals surface area (Å²) in [4.78, 5) is 8.40. The highest BCUT2D eigenvalue weighted by molar-refractivity contribution is 9.10. The van der Waals surface area contributed by atoms with E-state index in [9.17, 15) is 0 Å². The molecule has 84 valence electrons. The van der Waals surface area contributed by atoms with Gasteiger partial charge in [-0.05, 0) is 35.7 Å². The van der Waals surface area contributed by atoms with Crippen LogP contribution in [0.15, 0.2) is 10.7 Å². The van der Waals surface area contributed by atoms with Crippen LogP contribution in [0.5, 0.6) is 0 Å². The van der Waals surface area contributed by atoms with Gasteiger partial charge in [0.25, 0.3) is 0 Å². The number of aromatic nitrogens is 2. The van der Waals surface area contributed by atoms with E-state index >= 15 is 0 Å². The number of nitrogens with zero attached hydrogens (tertiary/aromatic N) is 2. The Morgan fingerprint density at radius 2 is 2.20 bits per heavy atom. The molecule has 1 aromatic heterocycles. The van der Waals surface area contributed by atoms with E-state index in [1.807, 2.05) is 6.92 Å². The highest BCUT2D eigenvalue weighted by atomic mass is 79.9. The zero-order valence-electron chi connectivity index (χ0n) is 9.09. The van der Waals surface area contributed by atoms with Crippen LogP contribution in [0.25, 0.3) is 0 Å². The number of halogens is 2. The first-order valence-electron chi connectivity index (χ1n) is 4.86. The van der Waals surface area contributed by atoms with Crippen LogP contribution in [0.3, 0.4) is 0 Å². The number of hydrogen-bond acceptors (Lipinski definition) is 3. The van der Waals surface area contributed by atoms with Gasteiger partial charge in [-0.15, -0.1) is 11.6 Å². The van der Waals surface area contributed by atoms with Crippen molar-refractivity contribution in [2.45, 2.75) is 26.8 Å². The molecular formula is C10H15BrClN3. The van der Waals surface area contributed by atoms with E-state index in [0.29, 0.717) is 11.8 Å². The lowest BCUT2D eigenvalue weighted by Gasteiger charge is -2.20. The average Bonchev–Trinajstić information content (AvgIpc) is 2.22. The monoisotopic (exact) mass is 291 g/mol. The largest absolute Gasteiger partial charge is 0.366 e. The van der Waals surface area contributed by atoms with Gasteiger partial charge in [-0.3, -0.25) is 0 Å². The standard InChI is InChI=1S/C10H15BrClN3/c1-6(4-12)7(2)14-10-9(11)5-13-8(3)15-10/h5-7H,4H2,1-3H3,(H,13,14,15). The summed E-state index contributed by atoms with van der Waals surface area (Å²) >= 11 is 9.21. The molecule has 1 aromatic rings. The topological polar surface area (TPSA) is 37.8 Å². The molecule has 0 aliphatic rings. The van der Waals surface area contributed by atoms with Crippen LogP contribution in [-0.4, -0.2) is 21.9 Å². The molecule has 0 spiro atoms. The van der Waals surface area contributed by atoms with Crippen molar-refractivity contribution in [3.05, 3.63) is 16.5 Å². The number of alkyl halides is 1. The van der Waals surface area contributed by atoms with Gasteiger partial charge in [0.1, 0.15) is 11.6 Å². The van der Waals surface area contributed by atoms with Crippen LogP contribution in [0.4, 0.5) is 5.82 Å². The molecule has 0 aromatic carbocycles. The lowest BCUT2D eigenvalue weighted by Crippen LogP contribution is -2.25. The van der Waals surface area contributed by atoms with Gasteiger partial charge >= 0.3 is 0 Å². The molecule has 1 N–H and O–H groups in total. The fraction of sp³-hybridized carbons (Fsp3) is 0.600. The van der Waals surface area contributed by atoms with Crippen molar-refractivity contribution in [1.82, 2.24) is 9.97 Å². The van der Waals surface area contributed by atoms with Crippen LogP contribution >= 0.6 is 27.5 Å². The summed E-state index contributed by atoms with van der Waals surface area (Å²) in [5.41, 5.74) is 0. The van der Waals surface area contributed by atoms with E-state index in [-0.39, 0.29) is 6.04 Å². The van der Waals surface area contributed by atoms with Gasteiger partial charge in [-0.1, -0.05) is 6.92 Å². The third kappa shape index (κ3) is 3.61. The Morgan fingerprint density at radius 3 is 2.80 bits per heavy atom. The quantitative estimate of drug-likeness (QED) is 0.866. The third-order valence-electron chi connectivity index (χ3n) is 2.33. The summed E-state index contributed by atoms with van der Waals surface area (Å²) in [6.07, 6.45) is 1.75. The van der Waals surface area contributed by atoms with Crippen molar-refractivity contribution in [2.75, 3.05) is 11.2 Å². The van der Waals surface area contributed by atoms with Crippen LogP contribution in [0.1, 0.15) is 19.7 Å². The lowest BCUT2D eigenvalue weighted by atomic mass is 10.1. The summed E-state index contributed by atoms with van der Waals surface area (Å²) < 4.78 is 0.877. The Bertz CT molecular complexity index is 332. The van der Waals surface area contributed by atoms with Crippen molar-refractivity contribution in [1.29, 1.82) is 0 Å². The molecule has 2 atom stereocenters. The first kappa shape index (κ1) is 12.7. The van der Waals surface area contributed by atoms with E-state index in [1.54, 1.807) is 6.20 Å². The number of anilines is 1. The SMILES string of the molecule is Cc1ncc(Br)c(NC(C)C(C)CCl)n1. The van der Waals surface area contributed by atoms with Crippen LogP contribution in [0.2, 0.25) is 0 Å². The first-order chi connectivity index (χ1) is 7.04. The predicted molar refractivity (Wildman–Crippen MR) is 67.4 cm³/mol. The second-order valence-electron chi connectivity index (χ2n) is 3.68. The number of rotatable bonds is 4. The van der Waals surface area contributed by atoms with Gasteiger partial charge in [-0.25, -0.2) is 9.97 Å². The van der Waals surface area contributed by atoms with Crippen LogP contribution < -0.4 is 5.32 Å². The molecule has 15 heavy (non-hydrogen) atoms. The van der Waals surface area contributed by atoms with Crippen molar-refractivity contribution in [3.63, 3.8) is 0 Å². The van der Waals surface area contributed by atoms with Gasteiger partial charge in [0.15, 0.2) is 0 Å². The number of hydrogen-bond donors (Lipinski definition) is 1. The summed E-state index contributed by atoms with van der Waals surface area (Å²) in [5.74, 6) is 2.61. The second kappa shape index (κ2) is 5.66. The highest BCUT2D eigenvalue weighted by Crippen LogP contribution is 2.21. The molecule has 0 bridgehead atoms. The van der Waals surface area contributed by atoms with Crippen molar-refractivity contribution < 1.29 is 0 Å². The summed E-state index contributed by atoms with van der Waals surface area (Å²) in [7, 11) is 0. The molecule has 0 saturated heterocycles. The third-order valence-corrected chi connectivity index (χ3v) is 3.39. The van der Waals surface area contributed by atoms with Gasteiger partial charge in [0, 0.05) is 18.1 Å². The highest BCUT2D eigenvalue weighted by Gasteiger charge is 2.13. The van der Waals surface area contributed by atoms with Gasteiger partial charge < -0.3 is 5.32 Å². The fourth-order valence-electron chi connectivity index (χ4n) is 1.05. The molecule has 0 aliphatic carbocycles. The fourth-order valence-corrected chi connectivity index (χ4v) is 1.62. The van der Waals surface area contributed by atoms with E-state index in [4.69, 9.17) is 11.6 Å². The van der Waals surface area contributed by atoms with Gasteiger partial charge in [0.05, 0.1) is 4.47 Å². The minimum atomic E-state index is 0.285. The Kier molecular flexibility index (Phi) is 4.80. The average molecular weight is 293 g/mol. The van der Waals surface area contributed by atoms with E-state index in [1.165, 1.54) is 0 Å². The molecular weight excluding hydrogens is 277 g/mol. The zero-order chi connectivity index (χ0) is 11.4. The van der Waals surface area contributed by atoms with E-state index in [0.717, 1.165) is 16.1 Å². The van der Waals surface area contributed by atoms with Crippen molar-refractivity contribution in [3.8, 4) is 0 Å². The normalized spacial score (nSPS) is 14.7. The first-order valence-corrected chi connectivity index (χ1v) is 6.19. The summed E-state index contributed by atoms with van der Waals surface area (Å²) in [6, 6.07) is 0.285. The molecule has 2 unspecified atom stereocenters. The number of nitrogens with one attached hydrogen (secondary N) is 1. The molecule has 3 nitrogen and oxygen atoms in total. The molecule has 5 heteroatoms. The minimum absolute atomic E-state index is 0.285. The molecule has 0 radical (unpaired) electrons. The summed E-state index contributed by atoms with van der Waals surface area (Å²) in [6.45, 7) is 6.07. The number of aryl methyl sites for hydroxylation is 1. The Morgan fingerprint density at radius 1 is 1.53 bits per heavy atom. The Labute approximate surface area is 104 Å². The molecule has 0 fully saturated rings. The summed E-state index contributed by atoms with van der Waals surface area (Å²) in [5, 5.41) is 3.32. The maximum atomic E-state index is 5.80. The van der Waals surface area contributed by atoms with Crippen LogP contribution in [-0.2, 0) is 0 Å². The van der Waals surface area contributed by atoms with E-state index in [2.05, 4.69) is 45.1 Å². The Hall–Kier alpha value is -0.350. The maximum Gasteiger partial charge on any atom is 0.144 e. The zero-order valence-corrected chi connectivity index (χ0v) is 11.4. The van der Waals surface area contributed by atoms with E-state index < -0.39 is 0 Å². The maximum absolute atomic E-state index is 5.80. The second-order valence-corrected chi connectivity index (χ2v) is 4.84. The minimum Gasteiger partial charge on any atom is -0.366 e. The van der Waals surface area contributed by atoms with Gasteiger partial charge in [0.2, 0.25) is 0 Å². The lowest BCUT2D eigenvalue weighted by molar-refractivity contribution is 0.563. The van der Waals surface area contributed by atoms with Crippen molar-refractivity contribution >= 4 is 33.3 Å². The Balaban J connectivity index is 2.75. The predicted octanol–water partition coefficient (Wildman–Crippen LogP) is 3.22. The molecule has 0 amide bonds. The molecule has 0 aliphatic heterocycles. The van der Waals surface area contributed by atoms with Gasteiger partial charge in [-0.2, -0.15) is 0 Å².